The first-order chi connectivity index (χ1) is 9.78. The van der Waals surface area contributed by atoms with Crippen LogP contribution in [0.2, 0.25) is 0 Å². The number of rotatable bonds is 2. The molecule has 0 aromatic carbocycles. The molecule has 0 spiro atoms. The first kappa shape index (κ1) is 13.8. The van der Waals surface area contributed by atoms with E-state index in [1.165, 1.54) is 30.0 Å². The number of hydrogen-bond acceptors (Lipinski definition) is 5. The molecule has 5 nitrogen and oxygen atoms in total. The summed E-state index contributed by atoms with van der Waals surface area (Å²) in [6.45, 7) is 9.97. The Bertz CT molecular complexity index is 462. The van der Waals surface area contributed by atoms with Crippen LogP contribution in [0.1, 0.15) is 24.6 Å². The maximum Gasteiger partial charge on any atom is 0.136 e. The molecule has 1 fully saturated rings. The summed E-state index contributed by atoms with van der Waals surface area (Å²) in [6, 6.07) is 0. The summed E-state index contributed by atoms with van der Waals surface area (Å²) in [5.41, 5.74) is 2.63. The third kappa shape index (κ3) is 2.79. The smallest absolute Gasteiger partial charge is 0.136 e. The summed E-state index contributed by atoms with van der Waals surface area (Å²) in [5, 5.41) is 0. The molecule has 0 atom stereocenters. The van der Waals surface area contributed by atoms with Gasteiger partial charge in [0.05, 0.1) is 5.69 Å². The molecule has 110 valence electrons. The average molecular weight is 275 g/mol. The van der Waals surface area contributed by atoms with E-state index in [2.05, 4.69) is 38.6 Å². The van der Waals surface area contributed by atoms with Crippen molar-refractivity contribution in [1.82, 2.24) is 19.8 Å². The van der Waals surface area contributed by atoms with E-state index >= 15 is 0 Å². The van der Waals surface area contributed by atoms with Crippen LogP contribution in [-0.4, -0.2) is 66.1 Å². The van der Waals surface area contributed by atoms with Gasteiger partial charge in [0.1, 0.15) is 12.1 Å². The fourth-order valence-electron chi connectivity index (χ4n) is 3.18. The molecule has 2 aliphatic rings. The van der Waals surface area contributed by atoms with Gasteiger partial charge in [-0.1, -0.05) is 6.92 Å². The zero-order valence-electron chi connectivity index (χ0n) is 12.7. The second-order valence-corrected chi connectivity index (χ2v) is 5.89. The minimum Gasteiger partial charge on any atom is -0.355 e. The van der Waals surface area contributed by atoms with E-state index in [0.29, 0.717) is 0 Å². The summed E-state index contributed by atoms with van der Waals surface area (Å²) >= 11 is 0. The van der Waals surface area contributed by atoms with Crippen LogP contribution in [0.3, 0.4) is 0 Å². The molecule has 3 heterocycles. The third-order valence-electron chi connectivity index (χ3n) is 4.52. The number of fused-ring (bicyclic) bond motifs is 1. The topological polar surface area (TPSA) is 35.5 Å². The van der Waals surface area contributed by atoms with Crippen molar-refractivity contribution in [3.05, 3.63) is 17.6 Å². The van der Waals surface area contributed by atoms with Crippen molar-refractivity contribution in [3.63, 3.8) is 0 Å². The molecule has 0 aliphatic carbocycles. The van der Waals surface area contributed by atoms with E-state index in [1.54, 1.807) is 6.33 Å². The minimum absolute atomic E-state index is 1.01. The van der Waals surface area contributed by atoms with E-state index in [0.717, 1.165) is 45.7 Å². The SMILES string of the molecule is CCN1CCc2ncnc(N3CCCN(C)CC3)c2C1. The standard InChI is InChI=1S/C15H25N5/c1-3-19-8-5-14-13(11-19)15(17-12-16-14)20-7-4-6-18(2)9-10-20/h12H,3-11H2,1-2H3. The Labute approximate surface area is 121 Å². The van der Waals surface area contributed by atoms with Crippen LogP contribution >= 0.6 is 0 Å². The normalized spacial score (nSPS) is 21.6. The largest absolute Gasteiger partial charge is 0.355 e. The molecule has 5 heteroatoms. The summed E-state index contributed by atoms with van der Waals surface area (Å²) in [7, 11) is 2.21. The van der Waals surface area contributed by atoms with Gasteiger partial charge in [-0.25, -0.2) is 9.97 Å². The van der Waals surface area contributed by atoms with Crippen LogP contribution in [0, 0.1) is 0 Å². The molecule has 0 unspecified atom stereocenters. The lowest BCUT2D eigenvalue weighted by molar-refractivity contribution is 0.265. The predicted molar refractivity (Wildman–Crippen MR) is 81.0 cm³/mol. The number of aromatic nitrogens is 2. The van der Waals surface area contributed by atoms with Gasteiger partial charge < -0.3 is 9.80 Å². The van der Waals surface area contributed by atoms with Gasteiger partial charge in [-0.2, -0.15) is 0 Å². The maximum absolute atomic E-state index is 4.62. The van der Waals surface area contributed by atoms with Crippen LogP contribution in [0.25, 0.3) is 0 Å². The van der Waals surface area contributed by atoms with Gasteiger partial charge >= 0.3 is 0 Å². The van der Waals surface area contributed by atoms with E-state index < -0.39 is 0 Å². The quantitative estimate of drug-likeness (QED) is 0.804. The lowest BCUT2D eigenvalue weighted by atomic mass is 10.1. The number of anilines is 1. The van der Waals surface area contributed by atoms with Crippen molar-refractivity contribution in [2.24, 2.45) is 0 Å². The molecular weight excluding hydrogens is 250 g/mol. The Morgan fingerprint density at radius 1 is 1.10 bits per heavy atom. The number of likely N-dealkylation sites (N-methyl/N-ethyl adjacent to an activating group) is 2. The van der Waals surface area contributed by atoms with Crippen molar-refractivity contribution in [2.45, 2.75) is 26.3 Å². The zero-order valence-corrected chi connectivity index (χ0v) is 12.7. The van der Waals surface area contributed by atoms with Gasteiger partial charge in [-0.15, -0.1) is 0 Å². The molecule has 0 radical (unpaired) electrons. The second kappa shape index (κ2) is 6.06. The average Bonchev–Trinajstić information content (AvgIpc) is 2.71. The van der Waals surface area contributed by atoms with Crippen LogP contribution in [-0.2, 0) is 13.0 Å². The Morgan fingerprint density at radius 2 is 2.00 bits per heavy atom. The number of hydrogen-bond donors (Lipinski definition) is 0. The van der Waals surface area contributed by atoms with Crippen molar-refractivity contribution in [2.75, 3.05) is 51.2 Å². The van der Waals surface area contributed by atoms with Crippen molar-refractivity contribution < 1.29 is 0 Å². The fourth-order valence-corrected chi connectivity index (χ4v) is 3.18. The second-order valence-electron chi connectivity index (χ2n) is 5.89. The molecule has 1 aromatic heterocycles. The first-order valence-corrected chi connectivity index (χ1v) is 7.76. The van der Waals surface area contributed by atoms with Gasteiger partial charge in [0.25, 0.3) is 0 Å². The third-order valence-corrected chi connectivity index (χ3v) is 4.52. The molecular formula is C15H25N5. The molecule has 3 rings (SSSR count). The highest BCUT2D eigenvalue weighted by Crippen LogP contribution is 2.26. The Morgan fingerprint density at radius 3 is 2.85 bits per heavy atom. The minimum atomic E-state index is 1.01. The Kier molecular flexibility index (Phi) is 4.17. The summed E-state index contributed by atoms with van der Waals surface area (Å²) in [6.07, 6.45) is 4.03. The predicted octanol–water partition coefficient (Wildman–Crippen LogP) is 0.997. The lowest BCUT2D eigenvalue weighted by Gasteiger charge is -2.31. The Hall–Kier alpha value is -1.20. The van der Waals surface area contributed by atoms with Gasteiger partial charge in [0, 0.05) is 44.7 Å². The first-order valence-electron chi connectivity index (χ1n) is 7.76. The monoisotopic (exact) mass is 275 g/mol. The lowest BCUT2D eigenvalue weighted by Crippen LogP contribution is -2.35. The molecule has 0 bridgehead atoms. The summed E-state index contributed by atoms with van der Waals surface area (Å²) in [4.78, 5) is 16.5. The highest BCUT2D eigenvalue weighted by Gasteiger charge is 2.23. The highest BCUT2D eigenvalue weighted by atomic mass is 15.3. The molecule has 0 N–H and O–H groups in total. The van der Waals surface area contributed by atoms with Crippen molar-refractivity contribution >= 4 is 5.82 Å². The zero-order chi connectivity index (χ0) is 13.9. The maximum atomic E-state index is 4.62. The van der Waals surface area contributed by atoms with Gasteiger partial charge in [-0.3, -0.25) is 4.90 Å². The molecule has 20 heavy (non-hydrogen) atoms. The van der Waals surface area contributed by atoms with E-state index in [1.807, 2.05) is 0 Å². The van der Waals surface area contributed by atoms with Crippen LogP contribution in [0.15, 0.2) is 6.33 Å². The summed E-state index contributed by atoms with van der Waals surface area (Å²) in [5.74, 6) is 1.18. The van der Waals surface area contributed by atoms with E-state index in [4.69, 9.17) is 0 Å². The van der Waals surface area contributed by atoms with Crippen LogP contribution < -0.4 is 4.90 Å². The van der Waals surface area contributed by atoms with Gasteiger partial charge in [0.15, 0.2) is 0 Å². The molecule has 0 amide bonds. The van der Waals surface area contributed by atoms with Crippen molar-refractivity contribution in [3.8, 4) is 0 Å². The van der Waals surface area contributed by atoms with Crippen LogP contribution in [0.4, 0.5) is 5.82 Å². The van der Waals surface area contributed by atoms with E-state index in [-0.39, 0.29) is 0 Å². The fraction of sp³-hybridized carbons (Fsp3) is 0.733. The highest BCUT2D eigenvalue weighted by molar-refractivity contribution is 5.49. The molecule has 1 saturated heterocycles. The van der Waals surface area contributed by atoms with Crippen LogP contribution in [0.5, 0.6) is 0 Å². The van der Waals surface area contributed by atoms with Crippen molar-refractivity contribution in [1.29, 1.82) is 0 Å². The van der Waals surface area contributed by atoms with E-state index in [9.17, 15) is 0 Å². The van der Waals surface area contributed by atoms with Gasteiger partial charge in [-0.05, 0) is 26.6 Å². The number of nitrogens with zero attached hydrogens (tertiary/aromatic N) is 5. The molecule has 2 aliphatic heterocycles. The Balaban J connectivity index is 1.86. The summed E-state index contributed by atoms with van der Waals surface area (Å²) < 4.78 is 0. The van der Waals surface area contributed by atoms with Gasteiger partial charge in [0.2, 0.25) is 0 Å². The molecule has 1 aromatic rings. The molecule has 0 saturated carbocycles.